The number of hydrogen-bond donors (Lipinski definition) is 2. The predicted octanol–water partition coefficient (Wildman–Crippen LogP) is 2.01. The van der Waals surface area contributed by atoms with Crippen molar-refractivity contribution in [2.75, 3.05) is 38.0 Å². The van der Waals surface area contributed by atoms with Crippen molar-refractivity contribution in [1.82, 2.24) is 10.2 Å². The lowest BCUT2D eigenvalue weighted by Gasteiger charge is -2.33. The van der Waals surface area contributed by atoms with Crippen LogP contribution in [-0.4, -0.2) is 43.5 Å². The van der Waals surface area contributed by atoms with Gasteiger partial charge in [0.05, 0.1) is 6.54 Å². The molecule has 4 nitrogen and oxygen atoms in total. The number of nitrogens with one attached hydrogen (secondary N) is 2. The first-order valence-electron chi connectivity index (χ1n) is 7.97. The molecule has 2 fully saturated rings. The summed E-state index contributed by atoms with van der Waals surface area (Å²) in [6.45, 7) is 6.50. The van der Waals surface area contributed by atoms with Crippen molar-refractivity contribution in [3.8, 4) is 0 Å². The van der Waals surface area contributed by atoms with E-state index in [0.717, 1.165) is 38.3 Å². The molecule has 1 amide bonds. The van der Waals surface area contributed by atoms with Gasteiger partial charge in [-0.25, -0.2) is 0 Å². The third-order valence-corrected chi connectivity index (χ3v) is 4.93. The summed E-state index contributed by atoms with van der Waals surface area (Å²) in [5, 5.41) is 6.76. The normalized spacial score (nSPS) is 25.3. The number of amides is 1. The Labute approximate surface area is 126 Å². The number of carbonyl (C=O) groups excluding carboxylic acids is 1. The highest BCUT2D eigenvalue weighted by molar-refractivity contribution is 5.81. The number of para-hydroxylation sites is 1. The fourth-order valence-electron chi connectivity index (χ4n) is 3.58. The number of benzene rings is 1. The van der Waals surface area contributed by atoms with Crippen LogP contribution in [0.5, 0.6) is 0 Å². The Kier molecular flexibility index (Phi) is 4.15. The summed E-state index contributed by atoms with van der Waals surface area (Å²) in [6, 6.07) is 8.10. The average Bonchev–Trinajstić information content (AvgIpc) is 2.90. The van der Waals surface area contributed by atoms with Crippen LogP contribution in [0.15, 0.2) is 24.3 Å². The highest BCUT2D eigenvalue weighted by Crippen LogP contribution is 2.36. The molecule has 1 aromatic carbocycles. The maximum atomic E-state index is 12.4. The SMILES string of the molecule is Cc1ccccc1NCC(=O)N1CC[C@@]2(CCCNC2)C1. The number of aryl methyl sites for hydroxylation is 1. The molecule has 4 heteroatoms. The highest BCUT2D eigenvalue weighted by Gasteiger charge is 2.40. The Morgan fingerprint density at radius 1 is 1.38 bits per heavy atom. The van der Waals surface area contributed by atoms with E-state index < -0.39 is 0 Å². The molecular formula is C17H25N3O. The number of hydrogen-bond acceptors (Lipinski definition) is 3. The monoisotopic (exact) mass is 287 g/mol. The minimum atomic E-state index is 0.223. The molecule has 0 unspecified atom stereocenters. The Bertz CT molecular complexity index is 509. The van der Waals surface area contributed by atoms with Crippen molar-refractivity contribution >= 4 is 11.6 Å². The summed E-state index contributed by atoms with van der Waals surface area (Å²) in [5.41, 5.74) is 2.58. The van der Waals surface area contributed by atoms with E-state index in [4.69, 9.17) is 0 Å². The molecule has 2 heterocycles. The topological polar surface area (TPSA) is 44.4 Å². The van der Waals surface area contributed by atoms with E-state index in [1.54, 1.807) is 0 Å². The summed E-state index contributed by atoms with van der Waals surface area (Å²) in [4.78, 5) is 14.4. The molecule has 3 rings (SSSR count). The lowest BCUT2D eigenvalue weighted by molar-refractivity contribution is -0.128. The van der Waals surface area contributed by atoms with Gasteiger partial charge in [0.15, 0.2) is 0 Å². The first-order chi connectivity index (χ1) is 10.2. The van der Waals surface area contributed by atoms with Gasteiger partial charge in [0.1, 0.15) is 0 Å². The van der Waals surface area contributed by atoms with E-state index >= 15 is 0 Å². The predicted molar refractivity (Wildman–Crippen MR) is 85.4 cm³/mol. The van der Waals surface area contributed by atoms with Crippen molar-refractivity contribution < 1.29 is 4.79 Å². The van der Waals surface area contributed by atoms with E-state index in [0.29, 0.717) is 12.0 Å². The zero-order valence-electron chi connectivity index (χ0n) is 12.8. The number of nitrogens with zero attached hydrogens (tertiary/aromatic N) is 1. The van der Waals surface area contributed by atoms with Crippen LogP contribution < -0.4 is 10.6 Å². The summed E-state index contributed by atoms with van der Waals surface area (Å²) in [5.74, 6) is 0.223. The Morgan fingerprint density at radius 3 is 3.00 bits per heavy atom. The number of anilines is 1. The van der Waals surface area contributed by atoms with Crippen LogP contribution in [-0.2, 0) is 4.79 Å². The summed E-state index contributed by atoms with van der Waals surface area (Å²) in [6.07, 6.45) is 3.65. The van der Waals surface area contributed by atoms with Gasteiger partial charge in [-0.05, 0) is 44.4 Å². The molecule has 1 atom stereocenters. The maximum Gasteiger partial charge on any atom is 0.241 e. The van der Waals surface area contributed by atoms with Gasteiger partial charge in [0.25, 0.3) is 0 Å². The minimum Gasteiger partial charge on any atom is -0.376 e. The molecule has 1 spiro atoms. The Hall–Kier alpha value is -1.55. The molecule has 2 aliphatic rings. The number of piperidine rings is 1. The lowest BCUT2D eigenvalue weighted by Crippen LogP contribution is -2.43. The average molecular weight is 287 g/mol. The molecule has 2 N–H and O–H groups in total. The van der Waals surface area contributed by atoms with Gasteiger partial charge in [-0.3, -0.25) is 4.79 Å². The zero-order valence-corrected chi connectivity index (χ0v) is 12.8. The Morgan fingerprint density at radius 2 is 2.24 bits per heavy atom. The van der Waals surface area contributed by atoms with Crippen LogP contribution in [0.25, 0.3) is 0 Å². The fraction of sp³-hybridized carbons (Fsp3) is 0.588. The van der Waals surface area contributed by atoms with Crippen LogP contribution in [0.4, 0.5) is 5.69 Å². The van der Waals surface area contributed by atoms with Crippen molar-refractivity contribution in [3.63, 3.8) is 0 Å². The number of likely N-dealkylation sites (tertiary alicyclic amines) is 1. The summed E-state index contributed by atoms with van der Waals surface area (Å²) < 4.78 is 0. The molecule has 0 bridgehead atoms. The van der Waals surface area contributed by atoms with Crippen molar-refractivity contribution in [2.45, 2.75) is 26.2 Å². The molecule has 1 aromatic rings. The molecule has 21 heavy (non-hydrogen) atoms. The van der Waals surface area contributed by atoms with Crippen molar-refractivity contribution in [1.29, 1.82) is 0 Å². The molecule has 0 aliphatic carbocycles. The second-order valence-electron chi connectivity index (χ2n) is 6.51. The third kappa shape index (κ3) is 3.21. The van der Waals surface area contributed by atoms with E-state index in [1.807, 2.05) is 23.1 Å². The van der Waals surface area contributed by atoms with Crippen LogP contribution in [0, 0.1) is 12.3 Å². The van der Waals surface area contributed by atoms with Gasteiger partial charge >= 0.3 is 0 Å². The van der Waals surface area contributed by atoms with Crippen molar-refractivity contribution in [3.05, 3.63) is 29.8 Å². The van der Waals surface area contributed by atoms with E-state index in [-0.39, 0.29) is 5.91 Å². The van der Waals surface area contributed by atoms with Gasteiger partial charge in [0, 0.05) is 30.7 Å². The largest absolute Gasteiger partial charge is 0.376 e. The summed E-state index contributed by atoms with van der Waals surface area (Å²) in [7, 11) is 0. The fourth-order valence-corrected chi connectivity index (χ4v) is 3.58. The van der Waals surface area contributed by atoms with Gasteiger partial charge in [-0.1, -0.05) is 18.2 Å². The van der Waals surface area contributed by atoms with E-state index in [9.17, 15) is 4.79 Å². The molecule has 0 aromatic heterocycles. The van der Waals surface area contributed by atoms with Gasteiger partial charge < -0.3 is 15.5 Å². The van der Waals surface area contributed by atoms with E-state index in [2.05, 4.69) is 23.6 Å². The second-order valence-corrected chi connectivity index (χ2v) is 6.51. The lowest BCUT2D eigenvalue weighted by atomic mass is 9.80. The highest BCUT2D eigenvalue weighted by atomic mass is 16.2. The standard InChI is InChI=1S/C17H25N3O/c1-14-5-2-3-6-15(14)19-11-16(21)20-10-8-17(13-20)7-4-9-18-12-17/h2-3,5-6,18-19H,4,7-13H2,1H3/t17-/m1/s1. The summed E-state index contributed by atoms with van der Waals surface area (Å²) >= 11 is 0. The number of rotatable bonds is 3. The van der Waals surface area contributed by atoms with Crippen LogP contribution >= 0.6 is 0 Å². The third-order valence-electron chi connectivity index (χ3n) is 4.93. The first-order valence-corrected chi connectivity index (χ1v) is 7.97. The molecule has 2 aliphatic heterocycles. The minimum absolute atomic E-state index is 0.223. The number of carbonyl (C=O) groups is 1. The molecule has 0 radical (unpaired) electrons. The molecule has 2 saturated heterocycles. The smallest absolute Gasteiger partial charge is 0.241 e. The van der Waals surface area contributed by atoms with Crippen LogP contribution in [0.2, 0.25) is 0 Å². The van der Waals surface area contributed by atoms with Crippen molar-refractivity contribution in [2.24, 2.45) is 5.41 Å². The van der Waals surface area contributed by atoms with E-state index in [1.165, 1.54) is 18.4 Å². The van der Waals surface area contributed by atoms with Gasteiger partial charge in [-0.15, -0.1) is 0 Å². The zero-order chi connectivity index (χ0) is 14.7. The Balaban J connectivity index is 1.53. The van der Waals surface area contributed by atoms with Crippen LogP contribution in [0.3, 0.4) is 0 Å². The molecule has 0 saturated carbocycles. The molecular weight excluding hydrogens is 262 g/mol. The quantitative estimate of drug-likeness (QED) is 0.894. The van der Waals surface area contributed by atoms with Gasteiger partial charge in [0.2, 0.25) is 5.91 Å². The second kappa shape index (κ2) is 6.06. The first kappa shape index (κ1) is 14.4. The van der Waals surface area contributed by atoms with Crippen LogP contribution in [0.1, 0.15) is 24.8 Å². The molecule has 114 valence electrons. The maximum absolute atomic E-state index is 12.4. The van der Waals surface area contributed by atoms with Gasteiger partial charge in [-0.2, -0.15) is 0 Å².